The van der Waals surface area contributed by atoms with Crippen LogP contribution < -0.4 is 5.32 Å². The molecule has 0 fully saturated rings. The predicted molar refractivity (Wildman–Crippen MR) is 92.7 cm³/mol. The van der Waals surface area contributed by atoms with Crippen molar-refractivity contribution in [2.45, 2.75) is 33.6 Å². The van der Waals surface area contributed by atoms with E-state index in [0.717, 1.165) is 49.2 Å². The Balaban J connectivity index is 1.96. The third-order valence-electron chi connectivity index (χ3n) is 3.57. The quantitative estimate of drug-likeness (QED) is 0.587. The molecule has 2 heterocycles. The third kappa shape index (κ3) is 4.28. The minimum Gasteiger partial charge on any atom is -0.354 e. The first-order valence-corrected chi connectivity index (χ1v) is 8.79. The summed E-state index contributed by atoms with van der Waals surface area (Å²) in [6.45, 7) is 10.7. The lowest BCUT2D eigenvalue weighted by molar-refractivity contribution is 0.303. The van der Waals surface area contributed by atoms with Gasteiger partial charge in [0.2, 0.25) is 5.95 Å². The van der Waals surface area contributed by atoms with Crippen LogP contribution in [0.2, 0.25) is 5.15 Å². The normalized spacial score (nSPS) is 11.5. The van der Waals surface area contributed by atoms with Gasteiger partial charge in [-0.05, 0) is 38.5 Å². The van der Waals surface area contributed by atoms with E-state index in [9.17, 15) is 0 Å². The molecule has 0 saturated carbocycles. The summed E-state index contributed by atoms with van der Waals surface area (Å²) in [5.74, 6) is 0.636. The van der Waals surface area contributed by atoms with Gasteiger partial charge in [-0.3, -0.25) is 0 Å². The molecule has 0 bridgehead atoms. The number of nitrogens with zero attached hydrogens (tertiary/aromatic N) is 3. The van der Waals surface area contributed by atoms with Crippen molar-refractivity contribution in [2.75, 3.05) is 31.5 Å². The first-order chi connectivity index (χ1) is 10.2. The molecule has 6 heteroatoms. The Hall–Kier alpha value is -0.910. The highest BCUT2D eigenvalue weighted by atomic mass is 35.5. The van der Waals surface area contributed by atoms with E-state index in [2.05, 4.69) is 47.0 Å². The van der Waals surface area contributed by atoms with Crippen molar-refractivity contribution in [1.29, 1.82) is 0 Å². The lowest BCUT2D eigenvalue weighted by Gasteiger charge is -2.17. The maximum atomic E-state index is 6.25. The lowest BCUT2D eigenvalue weighted by atomic mass is 10.3. The molecule has 4 nitrogen and oxygen atoms in total. The Morgan fingerprint density at radius 2 is 2.00 bits per heavy atom. The van der Waals surface area contributed by atoms with Gasteiger partial charge in [-0.2, -0.15) is 0 Å². The van der Waals surface area contributed by atoms with Crippen LogP contribution in [0.5, 0.6) is 0 Å². The second kappa shape index (κ2) is 7.92. The van der Waals surface area contributed by atoms with Gasteiger partial charge in [0.25, 0.3) is 0 Å². The Morgan fingerprint density at radius 1 is 1.24 bits per heavy atom. The van der Waals surface area contributed by atoms with E-state index in [1.165, 1.54) is 4.88 Å². The second-order valence-corrected chi connectivity index (χ2v) is 6.40. The molecule has 0 amide bonds. The number of fused-ring (bicyclic) bond motifs is 1. The Bertz CT molecular complexity index is 580. The Morgan fingerprint density at radius 3 is 2.67 bits per heavy atom. The van der Waals surface area contributed by atoms with Gasteiger partial charge >= 0.3 is 0 Å². The van der Waals surface area contributed by atoms with Crippen LogP contribution in [0.25, 0.3) is 10.2 Å². The first-order valence-electron chi connectivity index (χ1n) is 7.60. The van der Waals surface area contributed by atoms with E-state index >= 15 is 0 Å². The van der Waals surface area contributed by atoms with Gasteiger partial charge in [0, 0.05) is 16.8 Å². The smallest absolute Gasteiger partial charge is 0.225 e. The topological polar surface area (TPSA) is 41.1 Å². The molecule has 0 atom stereocenters. The molecule has 1 N–H and O–H groups in total. The predicted octanol–water partition coefficient (Wildman–Crippen LogP) is 4.05. The molecule has 0 saturated heterocycles. The molecule has 0 radical (unpaired) electrons. The average Bonchev–Trinajstić information content (AvgIpc) is 2.91. The molecule has 0 aliphatic rings. The summed E-state index contributed by atoms with van der Waals surface area (Å²) < 4.78 is 0. The van der Waals surface area contributed by atoms with Crippen LogP contribution in [0.15, 0.2) is 6.07 Å². The summed E-state index contributed by atoms with van der Waals surface area (Å²) >= 11 is 7.94. The number of anilines is 1. The van der Waals surface area contributed by atoms with E-state index in [1.54, 1.807) is 11.3 Å². The van der Waals surface area contributed by atoms with Crippen LogP contribution in [0, 0.1) is 0 Å². The van der Waals surface area contributed by atoms with E-state index in [1.807, 2.05) is 0 Å². The number of nitrogens with one attached hydrogen (secondary N) is 1. The fourth-order valence-electron chi connectivity index (χ4n) is 2.23. The molecule has 116 valence electrons. The summed E-state index contributed by atoms with van der Waals surface area (Å²) in [5.41, 5.74) is 0. The number of halogens is 1. The second-order valence-electron chi connectivity index (χ2n) is 4.93. The van der Waals surface area contributed by atoms with Crippen molar-refractivity contribution in [1.82, 2.24) is 14.9 Å². The highest BCUT2D eigenvalue weighted by molar-refractivity contribution is 7.18. The average molecular weight is 327 g/mol. The van der Waals surface area contributed by atoms with Crippen LogP contribution in [0.4, 0.5) is 5.95 Å². The van der Waals surface area contributed by atoms with Crippen molar-refractivity contribution in [2.24, 2.45) is 0 Å². The Labute approximate surface area is 135 Å². The number of thiophene rings is 1. The summed E-state index contributed by atoms with van der Waals surface area (Å²) in [6.07, 6.45) is 2.08. The zero-order valence-corrected chi connectivity index (χ0v) is 14.5. The Kier molecular flexibility index (Phi) is 6.21. The van der Waals surface area contributed by atoms with Crippen molar-refractivity contribution >= 4 is 39.1 Å². The SMILES string of the molecule is CCc1cc2c(Cl)nc(NCCCN(CC)CC)nc2s1. The molecular weight excluding hydrogens is 304 g/mol. The van der Waals surface area contributed by atoms with Gasteiger partial charge in [-0.1, -0.05) is 32.4 Å². The van der Waals surface area contributed by atoms with Gasteiger partial charge in [-0.25, -0.2) is 9.97 Å². The van der Waals surface area contributed by atoms with Crippen LogP contribution in [0.1, 0.15) is 32.1 Å². The highest BCUT2D eigenvalue weighted by Crippen LogP contribution is 2.29. The molecule has 0 spiro atoms. The van der Waals surface area contributed by atoms with Crippen molar-refractivity contribution in [3.63, 3.8) is 0 Å². The molecule has 0 unspecified atom stereocenters. The monoisotopic (exact) mass is 326 g/mol. The van der Waals surface area contributed by atoms with Crippen molar-refractivity contribution < 1.29 is 0 Å². The van der Waals surface area contributed by atoms with Crippen LogP contribution in [-0.2, 0) is 6.42 Å². The van der Waals surface area contributed by atoms with Gasteiger partial charge in [0.05, 0.1) is 0 Å². The fourth-order valence-corrected chi connectivity index (χ4v) is 3.48. The molecule has 0 aromatic carbocycles. The standard InChI is InChI=1S/C15H23ClN4S/c1-4-11-10-12-13(16)18-15(19-14(12)21-11)17-8-7-9-20(5-2)6-3/h10H,4-9H2,1-3H3,(H,17,18,19). The summed E-state index contributed by atoms with van der Waals surface area (Å²) in [5, 5.41) is 4.79. The van der Waals surface area contributed by atoms with Gasteiger partial charge in [0.1, 0.15) is 9.98 Å². The molecule has 0 aliphatic carbocycles. The molecule has 21 heavy (non-hydrogen) atoms. The van der Waals surface area contributed by atoms with Crippen LogP contribution >= 0.6 is 22.9 Å². The van der Waals surface area contributed by atoms with Crippen LogP contribution in [0.3, 0.4) is 0 Å². The fraction of sp³-hybridized carbons (Fsp3) is 0.600. The summed E-state index contributed by atoms with van der Waals surface area (Å²) in [4.78, 5) is 13.6. The number of aryl methyl sites for hydroxylation is 1. The van der Waals surface area contributed by atoms with Gasteiger partial charge < -0.3 is 10.2 Å². The minimum atomic E-state index is 0.544. The number of hydrogen-bond acceptors (Lipinski definition) is 5. The summed E-state index contributed by atoms with van der Waals surface area (Å²) in [7, 11) is 0. The maximum absolute atomic E-state index is 6.25. The number of hydrogen-bond donors (Lipinski definition) is 1. The first kappa shape index (κ1) is 16.5. The number of rotatable bonds is 8. The van der Waals surface area contributed by atoms with Crippen LogP contribution in [-0.4, -0.2) is 41.0 Å². The highest BCUT2D eigenvalue weighted by Gasteiger charge is 2.09. The lowest BCUT2D eigenvalue weighted by Crippen LogP contribution is -2.25. The van der Waals surface area contributed by atoms with E-state index in [-0.39, 0.29) is 0 Å². The molecule has 2 aromatic rings. The van der Waals surface area contributed by atoms with E-state index < -0.39 is 0 Å². The zero-order valence-electron chi connectivity index (χ0n) is 12.9. The largest absolute Gasteiger partial charge is 0.354 e. The zero-order chi connectivity index (χ0) is 15.2. The van der Waals surface area contributed by atoms with Gasteiger partial charge in [-0.15, -0.1) is 11.3 Å². The summed E-state index contributed by atoms with van der Waals surface area (Å²) in [6, 6.07) is 2.09. The van der Waals surface area contributed by atoms with Gasteiger partial charge in [0.15, 0.2) is 0 Å². The number of aromatic nitrogens is 2. The molecule has 2 rings (SSSR count). The van der Waals surface area contributed by atoms with E-state index in [0.29, 0.717) is 11.1 Å². The van der Waals surface area contributed by atoms with E-state index in [4.69, 9.17) is 11.6 Å². The maximum Gasteiger partial charge on any atom is 0.225 e. The minimum absolute atomic E-state index is 0.544. The molecule has 2 aromatic heterocycles. The third-order valence-corrected chi connectivity index (χ3v) is 5.04. The molecular formula is C15H23ClN4S. The molecule has 0 aliphatic heterocycles. The van der Waals surface area contributed by atoms with Crippen molar-refractivity contribution in [3.8, 4) is 0 Å². The van der Waals surface area contributed by atoms with Crippen molar-refractivity contribution in [3.05, 3.63) is 16.1 Å².